The molecule has 1 saturated carbocycles. The number of hydrogen-bond donors (Lipinski definition) is 0. The van der Waals surface area contributed by atoms with Gasteiger partial charge in [0, 0.05) is 0 Å². The minimum Gasteiger partial charge on any atom is -0.0651 e. The molecule has 0 aliphatic heterocycles. The van der Waals surface area contributed by atoms with Crippen LogP contribution in [0, 0.1) is 35.0 Å². The second kappa shape index (κ2) is 6.15. The maximum Gasteiger partial charge on any atom is -0.00973 e. The maximum atomic E-state index is 2.52. The van der Waals surface area contributed by atoms with E-state index in [1.54, 1.807) is 5.56 Å². The standard InChI is InChI=1S/C21H34/c1-8-17-19(16-12-10-9-11-13-16)18(14(2)3)15(4)20(17)21(5,6)7/h9-15,17-20H,8H2,1-7H3. The zero-order valence-corrected chi connectivity index (χ0v) is 15.1. The zero-order valence-electron chi connectivity index (χ0n) is 15.1. The molecule has 1 aromatic rings. The van der Waals surface area contributed by atoms with Crippen LogP contribution in [0.4, 0.5) is 0 Å². The highest BCUT2D eigenvalue weighted by molar-refractivity contribution is 5.25. The Bertz CT molecular complexity index is 437. The summed E-state index contributed by atoms with van der Waals surface area (Å²) in [7, 11) is 0. The van der Waals surface area contributed by atoms with Gasteiger partial charge in [0.25, 0.3) is 0 Å². The Morgan fingerprint density at radius 1 is 1.05 bits per heavy atom. The first-order chi connectivity index (χ1) is 9.79. The maximum absolute atomic E-state index is 2.52. The van der Waals surface area contributed by atoms with E-state index in [0.717, 1.165) is 35.5 Å². The predicted octanol–water partition coefficient (Wildman–Crippen LogP) is 6.38. The highest BCUT2D eigenvalue weighted by Gasteiger charge is 2.52. The van der Waals surface area contributed by atoms with Crippen molar-refractivity contribution >= 4 is 0 Å². The molecule has 0 spiro atoms. The van der Waals surface area contributed by atoms with Crippen LogP contribution >= 0.6 is 0 Å². The number of rotatable bonds is 3. The second-order valence-electron chi connectivity index (χ2n) is 8.58. The van der Waals surface area contributed by atoms with E-state index in [1.165, 1.54) is 6.42 Å². The average molecular weight is 287 g/mol. The summed E-state index contributed by atoms with van der Waals surface area (Å²) in [5, 5.41) is 0. The van der Waals surface area contributed by atoms with Crippen LogP contribution in [0.2, 0.25) is 0 Å². The van der Waals surface area contributed by atoms with Crippen molar-refractivity contribution in [3.05, 3.63) is 35.9 Å². The third-order valence-electron chi connectivity index (χ3n) is 5.94. The molecule has 1 aliphatic carbocycles. The largest absolute Gasteiger partial charge is 0.0651 e. The molecule has 2 rings (SSSR count). The van der Waals surface area contributed by atoms with Gasteiger partial charge in [0.05, 0.1) is 0 Å². The normalized spacial score (nSPS) is 33.6. The Morgan fingerprint density at radius 2 is 1.62 bits per heavy atom. The van der Waals surface area contributed by atoms with Crippen LogP contribution in [0.3, 0.4) is 0 Å². The Morgan fingerprint density at radius 3 is 2.05 bits per heavy atom. The lowest BCUT2D eigenvalue weighted by atomic mass is 9.69. The fraction of sp³-hybridized carbons (Fsp3) is 0.714. The van der Waals surface area contributed by atoms with Crippen LogP contribution in [0.25, 0.3) is 0 Å². The van der Waals surface area contributed by atoms with E-state index in [4.69, 9.17) is 0 Å². The van der Waals surface area contributed by atoms with Gasteiger partial charge in [-0.3, -0.25) is 0 Å². The highest BCUT2D eigenvalue weighted by Crippen LogP contribution is 2.59. The summed E-state index contributed by atoms with van der Waals surface area (Å²) in [5.41, 5.74) is 1.97. The van der Waals surface area contributed by atoms with Gasteiger partial charge in [-0.05, 0) is 46.5 Å². The summed E-state index contributed by atoms with van der Waals surface area (Å²) >= 11 is 0. The molecular formula is C21H34. The lowest BCUT2D eigenvalue weighted by Gasteiger charge is -2.36. The molecule has 0 heterocycles. The summed E-state index contributed by atoms with van der Waals surface area (Å²) in [6, 6.07) is 11.3. The molecule has 1 fully saturated rings. The smallest absolute Gasteiger partial charge is 0.00973 e. The molecule has 0 radical (unpaired) electrons. The highest BCUT2D eigenvalue weighted by atomic mass is 14.6. The average Bonchev–Trinajstić information content (AvgIpc) is 2.72. The van der Waals surface area contributed by atoms with Gasteiger partial charge in [-0.15, -0.1) is 0 Å². The minimum absolute atomic E-state index is 0.400. The second-order valence-corrected chi connectivity index (χ2v) is 8.58. The molecular weight excluding hydrogens is 252 g/mol. The van der Waals surface area contributed by atoms with Crippen LogP contribution in [0.15, 0.2) is 30.3 Å². The molecule has 5 atom stereocenters. The van der Waals surface area contributed by atoms with E-state index in [2.05, 4.69) is 78.8 Å². The zero-order chi connectivity index (χ0) is 15.8. The lowest BCUT2D eigenvalue weighted by Crippen LogP contribution is -2.29. The third-order valence-corrected chi connectivity index (χ3v) is 5.94. The summed E-state index contributed by atoms with van der Waals surface area (Å²) in [5.74, 6) is 4.73. The SMILES string of the molecule is CCC1C(c2ccccc2)C(C(C)C)C(C)C1C(C)(C)C. The van der Waals surface area contributed by atoms with Gasteiger partial charge in [-0.2, -0.15) is 0 Å². The van der Waals surface area contributed by atoms with Crippen molar-refractivity contribution in [2.75, 3.05) is 0 Å². The molecule has 21 heavy (non-hydrogen) atoms. The fourth-order valence-corrected chi connectivity index (χ4v) is 5.57. The molecule has 0 N–H and O–H groups in total. The molecule has 0 amide bonds. The summed E-state index contributed by atoms with van der Waals surface area (Å²) in [6.07, 6.45) is 1.30. The van der Waals surface area contributed by atoms with Crippen molar-refractivity contribution in [1.29, 1.82) is 0 Å². The van der Waals surface area contributed by atoms with E-state index in [1.807, 2.05) is 0 Å². The van der Waals surface area contributed by atoms with E-state index < -0.39 is 0 Å². The summed E-state index contributed by atoms with van der Waals surface area (Å²) < 4.78 is 0. The first kappa shape index (κ1) is 16.6. The third kappa shape index (κ3) is 3.05. The molecule has 1 aliphatic rings. The first-order valence-corrected chi connectivity index (χ1v) is 8.84. The Hall–Kier alpha value is -0.780. The molecule has 0 saturated heterocycles. The van der Waals surface area contributed by atoms with Crippen LogP contribution in [0.5, 0.6) is 0 Å². The van der Waals surface area contributed by atoms with Crippen molar-refractivity contribution < 1.29 is 0 Å². The van der Waals surface area contributed by atoms with E-state index >= 15 is 0 Å². The molecule has 118 valence electrons. The Kier molecular flexibility index (Phi) is 4.85. The van der Waals surface area contributed by atoms with Crippen molar-refractivity contribution in [1.82, 2.24) is 0 Å². The molecule has 0 nitrogen and oxygen atoms in total. The molecule has 0 bridgehead atoms. The van der Waals surface area contributed by atoms with Gasteiger partial charge < -0.3 is 0 Å². The van der Waals surface area contributed by atoms with Gasteiger partial charge in [-0.25, -0.2) is 0 Å². The van der Waals surface area contributed by atoms with E-state index in [0.29, 0.717) is 5.41 Å². The molecule has 5 unspecified atom stereocenters. The lowest BCUT2D eigenvalue weighted by molar-refractivity contribution is 0.127. The van der Waals surface area contributed by atoms with E-state index in [9.17, 15) is 0 Å². The predicted molar refractivity (Wildman–Crippen MR) is 93.4 cm³/mol. The van der Waals surface area contributed by atoms with Crippen molar-refractivity contribution in [2.24, 2.45) is 35.0 Å². The van der Waals surface area contributed by atoms with Crippen molar-refractivity contribution in [3.8, 4) is 0 Å². The summed E-state index contributed by atoms with van der Waals surface area (Å²) in [4.78, 5) is 0. The van der Waals surface area contributed by atoms with Crippen LogP contribution in [0.1, 0.15) is 66.4 Å². The Balaban J connectivity index is 2.49. The first-order valence-electron chi connectivity index (χ1n) is 8.84. The van der Waals surface area contributed by atoms with Gasteiger partial charge >= 0.3 is 0 Å². The minimum atomic E-state index is 0.400. The van der Waals surface area contributed by atoms with Crippen LogP contribution in [-0.2, 0) is 0 Å². The molecule has 0 heteroatoms. The fourth-order valence-electron chi connectivity index (χ4n) is 5.57. The number of benzene rings is 1. The molecule has 0 aromatic heterocycles. The quantitative estimate of drug-likeness (QED) is 0.604. The monoisotopic (exact) mass is 286 g/mol. The van der Waals surface area contributed by atoms with E-state index in [-0.39, 0.29) is 0 Å². The summed E-state index contributed by atoms with van der Waals surface area (Å²) in [6.45, 7) is 17.1. The van der Waals surface area contributed by atoms with Crippen LogP contribution in [-0.4, -0.2) is 0 Å². The van der Waals surface area contributed by atoms with Gasteiger partial charge in [-0.1, -0.05) is 85.2 Å². The van der Waals surface area contributed by atoms with Crippen molar-refractivity contribution in [2.45, 2.75) is 60.8 Å². The van der Waals surface area contributed by atoms with Crippen LogP contribution < -0.4 is 0 Å². The molecule has 1 aromatic carbocycles. The topological polar surface area (TPSA) is 0 Å². The Labute approximate surface area is 132 Å². The van der Waals surface area contributed by atoms with Gasteiger partial charge in [0.15, 0.2) is 0 Å². The van der Waals surface area contributed by atoms with Crippen molar-refractivity contribution in [3.63, 3.8) is 0 Å². The van der Waals surface area contributed by atoms with Gasteiger partial charge in [0.2, 0.25) is 0 Å². The number of hydrogen-bond acceptors (Lipinski definition) is 0. The van der Waals surface area contributed by atoms with Gasteiger partial charge in [0.1, 0.15) is 0 Å².